The van der Waals surface area contributed by atoms with Crippen molar-refractivity contribution >= 4 is 11.8 Å². The number of ether oxygens (including phenoxy) is 2. The summed E-state index contributed by atoms with van der Waals surface area (Å²) in [6, 6.07) is 7.23. The summed E-state index contributed by atoms with van der Waals surface area (Å²) in [4.78, 5) is 29.3. The number of para-hydroxylation sites is 1. The molecular weight excluding hydrogens is 334 g/mol. The van der Waals surface area contributed by atoms with Gasteiger partial charge in [0, 0.05) is 32.2 Å². The third-order valence-electron chi connectivity index (χ3n) is 5.02. The summed E-state index contributed by atoms with van der Waals surface area (Å²) in [5.74, 6) is 0.188. The van der Waals surface area contributed by atoms with Crippen molar-refractivity contribution < 1.29 is 19.1 Å². The molecule has 0 bridgehead atoms. The van der Waals surface area contributed by atoms with Crippen LogP contribution >= 0.6 is 0 Å². The van der Waals surface area contributed by atoms with Gasteiger partial charge in [0.05, 0.1) is 32.4 Å². The maximum absolute atomic E-state index is 12.6. The van der Waals surface area contributed by atoms with E-state index in [0.29, 0.717) is 11.3 Å². The average molecular weight is 361 g/mol. The minimum atomic E-state index is -0.292. The van der Waals surface area contributed by atoms with Gasteiger partial charge in [0.2, 0.25) is 5.91 Å². The van der Waals surface area contributed by atoms with Gasteiger partial charge in [-0.3, -0.25) is 14.5 Å². The lowest BCUT2D eigenvalue weighted by Gasteiger charge is -2.33. The van der Waals surface area contributed by atoms with Gasteiger partial charge < -0.3 is 19.7 Å². The van der Waals surface area contributed by atoms with Crippen LogP contribution in [-0.4, -0.2) is 80.7 Å². The number of likely N-dealkylation sites (tertiary alicyclic amines) is 1. The molecule has 142 valence electrons. The number of methoxy groups -OCH3 is 1. The molecule has 7 heteroatoms. The second kappa shape index (κ2) is 9.00. The van der Waals surface area contributed by atoms with Gasteiger partial charge in [0.15, 0.2) is 0 Å². The molecule has 0 aliphatic carbocycles. The number of nitrogens with one attached hydrogen (secondary N) is 1. The van der Waals surface area contributed by atoms with Crippen LogP contribution in [0.25, 0.3) is 0 Å². The van der Waals surface area contributed by atoms with Gasteiger partial charge in [-0.1, -0.05) is 12.1 Å². The molecule has 2 aliphatic heterocycles. The van der Waals surface area contributed by atoms with Crippen LogP contribution in [0.1, 0.15) is 23.2 Å². The number of amides is 2. The molecule has 0 saturated carbocycles. The summed E-state index contributed by atoms with van der Waals surface area (Å²) in [5.41, 5.74) is 0.439. The summed E-state index contributed by atoms with van der Waals surface area (Å²) >= 11 is 0. The molecule has 1 N–H and O–H groups in total. The first kappa shape index (κ1) is 18.7. The van der Waals surface area contributed by atoms with E-state index in [1.54, 1.807) is 24.3 Å². The number of hydrogen-bond donors (Lipinski definition) is 1. The monoisotopic (exact) mass is 361 g/mol. The Kier molecular flexibility index (Phi) is 6.46. The normalized spacial score (nSPS) is 20.8. The second-order valence-electron chi connectivity index (χ2n) is 6.68. The van der Waals surface area contributed by atoms with Gasteiger partial charge in [-0.25, -0.2) is 0 Å². The largest absolute Gasteiger partial charge is 0.496 e. The Balaban J connectivity index is 1.52. The zero-order valence-electron chi connectivity index (χ0n) is 15.3. The molecule has 1 aromatic carbocycles. The number of nitrogens with zero attached hydrogens (tertiary/aromatic N) is 2. The summed E-state index contributed by atoms with van der Waals surface area (Å²) in [5, 5.41) is 2.73. The van der Waals surface area contributed by atoms with Crippen molar-refractivity contribution in [3.8, 4) is 5.75 Å². The van der Waals surface area contributed by atoms with E-state index in [0.717, 1.165) is 52.2 Å². The molecule has 0 aromatic heterocycles. The second-order valence-corrected chi connectivity index (χ2v) is 6.68. The van der Waals surface area contributed by atoms with Crippen LogP contribution in [0.3, 0.4) is 0 Å². The zero-order chi connectivity index (χ0) is 18.4. The summed E-state index contributed by atoms with van der Waals surface area (Å²) in [6.45, 7) is 5.02. The van der Waals surface area contributed by atoms with E-state index in [1.807, 2.05) is 4.90 Å². The number of rotatable bonds is 6. The number of morpholine rings is 1. The van der Waals surface area contributed by atoms with Crippen molar-refractivity contribution in [1.82, 2.24) is 15.1 Å². The average Bonchev–Trinajstić information content (AvgIpc) is 3.14. The lowest BCUT2D eigenvalue weighted by molar-refractivity contribution is -0.131. The number of carbonyl (C=O) groups excluding carboxylic acids is 2. The zero-order valence-corrected chi connectivity index (χ0v) is 15.3. The lowest BCUT2D eigenvalue weighted by Crippen LogP contribution is -2.49. The van der Waals surface area contributed by atoms with Gasteiger partial charge in [-0.05, 0) is 25.0 Å². The molecule has 7 nitrogen and oxygen atoms in total. The van der Waals surface area contributed by atoms with Gasteiger partial charge in [-0.15, -0.1) is 0 Å². The fourth-order valence-electron chi connectivity index (χ4n) is 3.62. The molecule has 2 aliphatic rings. The molecule has 1 aromatic rings. The highest BCUT2D eigenvalue weighted by Gasteiger charge is 2.30. The van der Waals surface area contributed by atoms with Gasteiger partial charge in [0.1, 0.15) is 5.75 Å². The highest BCUT2D eigenvalue weighted by Crippen LogP contribution is 2.19. The SMILES string of the molecule is COc1ccccc1C(=O)NCC(=O)N1CCC[C@H]1CN1CCOCC1. The van der Waals surface area contributed by atoms with Crippen LogP contribution in [-0.2, 0) is 9.53 Å². The minimum absolute atomic E-state index is 0.0104. The van der Waals surface area contributed by atoms with Crippen LogP contribution in [0, 0.1) is 0 Å². The Morgan fingerprint density at radius 3 is 2.77 bits per heavy atom. The van der Waals surface area contributed by atoms with Crippen LogP contribution < -0.4 is 10.1 Å². The van der Waals surface area contributed by atoms with E-state index in [4.69, 9.17) is 9.47 Å². The molecule has 2 amide bonds. The Morgan fingerprint density at radius 1 is 1.23 bits per heavy atom. The Bertz CT molecular complexity index is 631. The van der Waals surface area contributed by atoms with E-state index in [1.165, 1.54) is 7.11 Å². The highest BCUT2D eigenvalue weighted by atomic mass is 16.5. The standard InChI is InChI=1S/C19H27N3O4/c1-25-17-7-3-2-6-16(17)19(24)20-13-18(23)22-8-4-5-15(22)14-21-9-11-26-12-10-21/h2-3,6-7,15H,4-5,8-14H2,1H3,(H,20,24)/t15-/m0/s1. The quantitative estimate of drug-likeness (QED) is 0.810. The predicted octanol–water partition coefficient (Wildman–Crippen LogP) is 0.748. The van der Waals surface area contributed by atoms with Crippen LogP contribution in [0.2, 0.25) is 0 Å². The van der Waals surface area contributed by atoms with Gasteiger partial charge >= 0.3 is 0 Å². The van der Waals surface area contributed by atoms with E-state index in [-0.39, 0.29) is 24.4 Å². The summed E-state index contributed by atoms with van der Waals surface area (Å²) in [6.07, 6.45) is 2.03. The fourth-order valence-corrected chi connectivity index (χ4v) is 3.62. The van der Waals surface area contributed by atoms with Crippen molar-refractivity contribution in [1.29, 1.82) is 0 Å². The molecule has 0 spiro atoms. The third kappa shape index (κ3) is 4.53. The first-order valence-electron chi connectivity index (χ1n) is 9.20. The van der Waals surface area contributed by atoms with E-state index in [2.05, 4.69) is 10.2 Å². The Morgan fingerprint density at radius 2 is 2.00 bits per heavy atom. The fraction of sp³-hybridized carbons (Fsp3) is 0.579. The number of hydrogen-bond acceptors (Lipinski definition) is 5. The molecule has 3 rings (SSSR count). The topological polar surface area (TPSA) is 71.1 Å². The predicted molar refractivity (Wildman–Crippen MR) is 97.3 cm³/mol. The molecule has 2 saturated heterocycles. The molecule has 2 heterocycles. The van der Waals surface area contributed by atoms with Crippen molar-refractivity contribution in [3.63, 3.8) is 0 Å². The first-order chi connectivity index (χ1) is 12.7. The Labute approximate surface area is 154 Å². The van der Waals surface area contributed by atoms with E-state index < -0.39 is 0 Å². The maximum atomic E-state index is 12.6. The minimum Gasteiger partial charge on any atom is -0.496 e. The van der Waals surface area contributed by atoms with Crippen LogP contribution in [0.5, 0.6) is 5.75 Å². The number of benzene rings is 1. The Hall–Kier alpha value is -2.12. The summed E-state index contributed by atoms with van der Waals surface area (Å²) < 4.78 is 10.6. The smallest absolute Gasteiger partial charge is 0.255 e. The molecule has 26 heavy (non-hydrogen) atoms. The molecule has 2 fully saturated rings. The van der Waals surface area contributed by atoms with Gasteiger partial charge in [-0.2, -0.15) is 0 Å². The first-order valence-corrected chi connectivity index (χ1v) is 9.20. The third-order valence-corrected chi connectivity index (χ3v) is 5.02. The van der Waals surface area contributed by atoms with Crippen molar-refractivity contribution in [3.05, 3.63) is 29.8 Å². The maximum Gasteiger partial charge on any atom is 0.255 e. The van der Waals surface area contributed by atoms with Crippen molar-refractivity contribution in [2.45, 2.75) is 18.9 Å². The van der Waals surface area contributed by atoms with Crippen molar-refractivity contribution in [2.24, 2.45) is 0 Å². The summed E-state index contributed by atoms with van der Waals surface area (Å²) in [7, 11) is 1.53. The van der Waals surface area contributed by atoms with Crippen LogP contribution in [0.15, 0.2) is 24.3 Å². The molecule has 0 radical (unpaired) electrons. The van der Waals surface area contributed by atoms with Gasteiger partial charge in [0.25, 0.3) is 5.91 Å². The van der Waals surface area contributed by atoms with E-state index >= 15 is 0 Å². The van der Waals surface area contributed by atoms with E-state index in [9.17, 15) is 9.59 Å². The van der Waals surface area contributed by atoms with Crippen LogP contribution in [0.4, 0.5) is 0 Å². The molecule has 1 atom stereocenters. The highest BCUT2D eigenvalue weighted by molar-refractivity contribution is 5.98. The molecular formula is C19H27N3O4. The lowest BCUT2D eigenvalue weighted by atomic mass is 10.2. The number of carbonyl (C=O) groups is 2. The van der Waals surface area contributed by atoms with Crippen molar-refractivity contribution in [2.75, 3.05) is 53.0 Å². The molecule has 0 unspecified atom stereocenters.